The zero-order chi connectivity index (χ0) is 51.8. The van der Waals surface area contributed by atoms with Gasteiger partial charge in [-0.05, 0) is 130 Å². The molecule has 9 heteroatoms. The van der Waals surface area contributed by atoms with E-state index in [2.05, 4.69) is 69.0 Å². The maximum absolute atomic E-state index is 12.9. The number of esters is 2. The third-order valence-corrected chi connectivity index (χ3v) is 13.7. The van der Waals surface area contributed by atoms with Crippen LogP contribution >= 0.6 is 0 Å². The van der Waals surface area contributed by atoms with Gasteiger partial charge in [0, 0.05) is 32.5 Å². The van der Waals surface area contributed by atoms with E-state index in [9.17, 15) is 14.4 Å². The van der Waals surface area contributed by atoms with Gasteiger partial charge in [0.2, 0.25) is 0 Å². The summed E-state index contributed by atoms with van der Waals surface area (Å²) in [6, 6.07) is 0. The van der Waals surface area contributed by atoms with E-state index in [1.807, 2.05) is 0 Å². The first-order valence-corrected chi connectivity index (χ1v) is 30.6. The number of rotatable bonds is 56. The van der Waals surface area contributed by atoms with Gasteiger partial charge in [0.1, 0.15) is 12.7 Å². The molecule has 0 spiro atoms. The molecule has 0 heterocycles. The predicted octanol–water partition coefficient (Wildman–Crippen LogP) is 18.0. The van der Waals surface area contributed by atoms with Gasteiger partial charge in [-0.1, -0.05) is 193 Å². The molecule has 0 aliphatic heterocycles. The molecule has 0 fully saturated rings. The number of likely N-dealkylation sites (N-methyl/N-ethyl adjacent to an activating group) is 1. The summed E-state index contributed by atoms with van der Waals surface area (Å²) < 4.78 is 22.7. The average Bonchev–Trinajstić information content (AvgIpc) is 3.35. The Balaban J connectivity index is 4.40. The number of ether oxygens (including phenoxy) is 4. The Bertz CT molecular complexity index is 1130. The van der Waals surface area contributed by atoms with Crippen LogP contribution in [0.2, 0.25) is 0 Å². The average molecular weight is 1000 g/mol. The minimum absolute atomic E-state index is 0.0705. The molecule has 0 unspecified atom stereocenters. The van der Waals surface area contributed by atoms with E-state index in [0.717, 1.165) is 116 Å². The van der Waals surface area contributed by atoms with Gasteiger partial charge >= 0.3 is 18.1 Å². The lowest BCUT2D eigenvalue weighted by Crippen LogP contribution is -2.35. The molecular formula is C62H118N2O7. The molecule has 0 amide bonds. The number of carbonyl (C=O) groups excluding carboxylic acids is 3. The summed E-state index contributed by atoms with van der Waals surface area (Å²) in [4.78, 5) is 42.2. The molecule has 0 bridgehead atoms. The van der Waals surface area contributed by atoms with E-state index in [0.29, 0.717) is 39.2 Å². The van der Waals surface area contributed by atoms with E-state index in [4.69, 9.17) is 18.9 Å². The second kappa shape index (κ2) is 56.9. The zero-order valence-corrected chi connectivity index (χ0v) is 47.8. The summed E-state index contributed by atoms with van der Waals surface area (Å²) in [7, 11) is 4.19. The smallest absolute Gasteiger partial charge is 0.466 e. The highest BCUT2D eigenvalue weighted by atomic mass is 16.7. The molecule has 71 heavy (non-hydrogen) atoms. The fourth-order valence-electron chi connectivity index (χ4n) is 8.98. The van der Waals surface area contributed by atoms with Crippen molar-refractivity contribution < 1.29 is 33.3 Å². The molecule has 0 N–H and O–H groups in total. The Morgan fingerprint density at radius 3 is 1.15 bits per heavy atom. The Labute approximate surface area is 440 Å². The molecule has 418 valence electrons. The van der Waals surface area contributed by atoms with Gasteiger partial charge in [-0.15, -0.1) is 0 Å². The van der Waals surface area contributed by atoms with Crippen LogP contribution in [0.25, 0.3) is 0 Å². The van der Waals surface area contributed by atoms with E-state index in [-0.39, 0.29) is 18.0 Å². The Hall–Kier alpha value is -2.39. The molecular weight excluding hydrogens is 885 g/mol. The van der Waals surface area contributed by atoms with Crippen molar-refractivity contribution in [3.8, 4) is 0 Å². The number of nitrogens with zero attached hydrogens (tertiary/aromatic N) is 2. The molecule has 0 aromatic rings. The van der Waals surface area contributed by atoms with Gasteiger partial charge in [0.15, 0.2) is 0 Å². The number of hydrogen-bond acceptors (Lipinski definition) is 9. The zero-order valence-electron chi connectivity index (χ0n) is 47.8. The molecule has 9 nitrogen and oxygen atoms in total. The van der Waals surface area contributed by atoms with Crippen molar-refractivity contribution in [1.82, 2.24) is 9.80 Å². The van der Waals surface area contributed by atoms with Crippen LogP contribution in [0.1, 0.15) is 290 Å². The number of carbonyl (C=O) groups is 3. The lowest BCUT2D eigenvalue weighted by Gasteiger charge is -2.24. The summed E-state index contributed by atoms with van der Waals surface area (Å²) in [6.07, 6.45) is 56.2. The van der Waals surface area contributed by atoms with Crippen molar-refractivity contribution in [3.05, 3.63) is 24.3 Å². The third-order valence-electron chi connectivity index (χ3n) is 13.7. The monoisotopic (exact) mass is 1000 g/mol. The van der Waals surface area contributed by atoms with Crippen LogP contribution in [0.4, 0.5) is 4.79 Å². The van der Waals surface area contributed by atoms with Crippen LogP contribution in [0, 0.1) is 0 Å². The van der Waals surface area contributed by atoms with Gasteiger partial charge < -0.3 is 23.8 Å². The molecule has 0 saturated carbocycles. The molecule has 0 aromatic heterocycles. The molecule has 0 aliphatic rings. The largest absolute Gasteiger partial charge is 0.508 e. The second-order valence-corrected chi connectivity index (χ2v) is 21.1. The Kier molecular flexibility index (Phi) is 55.0. The SMILES string of the molecule is CCCCCCCC/C=C\CCCCCCCC(=O)OCCCCCCC(CCCCCCOC(=O)CCCCCCC/C=C\CCCCCCCC)OC(=O)OCCN(CCCCCC)CCN(C)C. The maximum atomic E-state index is 12.9. The Morgan fingerprint density at radius 2 is 0.732 bits per heavy atom. The van der Waals surface area contributed by atoms with E-state index in [1.54, 1.807) is 0 Å². The quantitative estimate of drug-likeness (QED) is 0.0255. The van der Waals surface area contributed by atoms with Crippen LogP contribution in [0.5, 0.6) is 0 Å². The van der Waals surface area contributed by atoms with Gasteiger partial charge in [0.05, 0.1) is 13.2 Å². The van der Waals surface area contributed by atoms with Gasteiger partial charge in [-0.3, -0.25) is 14.5 Å². The van der Waals surface area contributed by atoms with Gasteiger partial charge in [0.25, 0.3) is 0 Å². The minimum atomic E-state index is -0.565. The fraction of sp³-hybridized carbons (Fsp3) is 0.887. The van der Waals surface area contributed by atoms with Crippen molar-refractivity contribution in [2.45, 2.75) is 297 Å². The van der Waals surface area contributed by atoms with Crippen molar-refractivity contribution in [2.75, 3.05) is 60.1 Å². The minimum Gasteiger partial charge on any atom is -0.466 e. The summed E-state index contributed by atoms with van der Waals surface area (Å²) in [6.45, 7) is 11.7. The lowest BCUT2D eigenvalue weighted by atomic mass is 10.0. The predicted molar refractivity (Wildman–Crippen MR) is 302 cm³/mol. The van der Waals surface area contributed by atoms with Crippen molar-refractivity contribution in [1.29, 1.82) is 0 Å². The maximum Gasteiger partial charge on any atom is 0.508 e. The summed E-state index contributed by atoms with van der Waals surface area (Å²) >= 11 is 0. The third kappa shape index (κ3) is 55.2. The second-order valence-electron chi connectivity index (χ2n) is 21.1. The molecule has 0 radical (unpaired) electrons. The first kappa shape index (κ1) is 68.6. The van der Waals surface area contributed by atoms with Crippen LogP contribution < -0.4 is 0 Å². The van der Waals surface area contributed by atoms with Crippen molar-refractivity contribution >= 4 is 18.1 Å². The van der Waals surface area contributed by atoms with E-state index < -0.39 is 6.16 Å². The standard InChI is InChI=1S/C62H118N2O7/c1-6-9-12-15-17-19-21-23-25-27-29-31-33-35-43-50-60(65)68-56-46-39-37-41-48-59(71-62(67)70-58-55-64(54-53-63(4)5)52-45-14-11-8-3)49-42-38-40-47-57-69-61(66)51-44-36-34-32-30-28-26-24-22-20-18-16-13-10-7-2/h23-26,59H,6-22,27-58H2,1-5H3/b25-23-,26-24-. The summed E-state index contributed by atoms with van der Waals surface area (Å²) in [5.74, 6) is -0.141. The van der Waals surface area contributed by atoms with Gasteiger partial charge in [-0.2, -0.15) is 0 Å². The van der Waals surface area contributed by atoms with Crippen LogP contribution in [0.15, 0.2) is 24.3 Å². The topological polar surface area (TPSA) is 94.6 Å². The highest BCUT2D eigenvalue weighted by Gasteiger charge is 2.17. The normalized spacial score (nSPS) is 11.8. The lowest BCUT2D eigenvalue weighted by molar-refractivity contribution is -0.144. The van der Waals surface area contributed by atoms with Crippen molar-refractivity contribution in [3.63, 3.8) is 0 Å². The first-order valence-electron chi connectivity index (χ1n) is 30.6. The summed E-state index contributed by atoms with van der Waals surface area (Å²) in [5, 5.41) is 0. The van der Waals surface area contributed by atoms with Crippen LogP contribution in [-0.4, -0.2) is 94.1 Å². The van der Waals surface area contributed by atoms with E-state index in [1.165, 1.54) is 161 Å². The van der Waals surface area contributed by atoms with Gasteiger partial charge in [-0.25, -0.2) is 4.79 Å². The van der Waals surface area contributed by atoms with Crippen molar-refractivity contribution in [2.24, 2.45) is 0 Å². The highest BCUT2D eigenvalue weighted by Crippen LogP contribution is 2.18. The number of allylic oxidation sites excluding steroid dienone is 4. The van der Waals surface area contributed by atoms with E-state index >= 15 is 0 Å². The number of hydrogen-bond donors (Lipinski definition) is 0. The Morgan fingerprint density at radius 1 is 0.366 bits per heavy atom. The molecule has 0 atom stereocenters. The fourth-order valence-corrected chi connectivity index (χ4v) is 8.98. The van der Waals surface area contributed by atoms with Crippen LogP contribution in [-0.2, 0) is 28.5 Å². The molecule has 0 rings (SSSR count). The molecule has 0 aromatic carbocycles. The summed E-state index contributed by atoms with van der Waals surface area (Å²) in [5.41, 5.74) is 0. The highest BCUT2D eigenvalue weighted by molar-refractivity contribution is 5.69. The molecule has 0 saturated heterocycles. The number of unbranched alkanes of at least 4 members (excludes halogenated alkanes) is 31. The van der Waals surface area contributed by atoms with Crippen LogP contribution in [0.3, 0.4) is 0 Å². The molecule has 0 aliphatic carbocycles. The first-order chi connectivity index (χ1) is 34.8.